The second kappa shape index (κ2) is 7.47. The van der Waals surface area contributed by atoms with Gasteiger partial charge in [0.2, 0.25) is 10.0 Å². The van der Waals surface area contributed by atoms with Gasteiger partial charge in [-0.05, 0) is 37.5 Å². The van der Waals surface area contributed by atoms with Crippen LogP contribution in [0, 0.1) is 0 Å². The molecule has 0 spiro atoms. The van der Waals surface area contributed by atoms with E-state index in [2.05, 4.69) is 0 Å². The first-order valence-electron chi connectivity index (χ1n) is 7.41. The third kappa shape index (κ3) is 4.87. The number of benzene rings is 1. The first kappa shape index (κ1) is 16.6. The van der Waals surface area contributed by atoms with Crippen LogP contribution in [0.3, 0.4) is 0 Å². The lowest BCUT2D eigenvalue weighted by atomic mass is 10.1. The molecule has 1 heterocycles. The fourth-order valence-electron chi connectivity index (χ4n) is 2.42. The Morgan fingerprint density at radius 3 is 2.67 bits per heavy atom. The Hall–Kier alpha value is -0.780. The summed E-state index contributed by atoms with van der Waals surface area (Å²) in [6, 6.07) is 7.31. The maximum absolute atomic E-state index is 12.1. The molecular weight excluding hydrogens is 310 g/mol. The minimum absolute atomic E-state index is 0.0566. The van der Waals surface area contributed by atoms with Crippen molar-refractivity contribution in [1.29, 1.82) is 0 Å². The summed E-state index contributed by atoms with van der Waals surface area (Å²) in [6.45, 7) is 3.08. The van der Waals surface area contributed by atoms with Gasteiger partial charge in [0.25, 0.3) is 0 Å². The average Bonchev–Trinajstić information content (AvgIpc) is 2.46. The zero-order valence-electron chi connectivity index (χ0n) is 12.3. The van der Waals surface area contributed by atoms with E-state index < -0.39 is 10.0 Å². The standard InChI is InChI=1S/C15H22ClNO3S/c1-2-3-11-21(18,19)17-9-7-14(8-10-17)20-15-6-4-5-13(16)12-15/h4-6,12,14H,2-3,7-11H2,1H3. The molecule has 0 aromatic heterocycles. The van der Waals surface area contributed by atoms with Crippen molar-refractivity contribution >= 4 is 21.6 Å². The number of nitrogens with zero attached hydrogens (tertiary/aromatic N) is 1. The lowest BCUT2D eigenvalue weighted by molar-refractivity contribution is 0.135. The fourth-order valence-corrected chi connectivity index (χ4v) is 4.28. The Labute approximate surface area is 132 Å². The van der Waals surface area contributed by atoms with Gasteiger partial charge in [-0.25, -0.2) is 12.7 Å². The predicted octanol–water partition coefficient (Wildman–Crippen LogP) is 3.31. The summed E-state index contributed by atoms with van der Waals surface area (Å²) in [7, 11) is -3.09. The summed E-state index contributed by atoms with van der Waals surface area (Å²) >= 11 is 5.93. The van der Waals surface area contributed by atoms with E-state index in [9.17, 15) is 8.42 Å². The number of hydrogen-bond acceptors (Lipinski definition) is 3. The normalized spacial score (nSPS) is 17.8. The number of halogens is 1. The van der Waals surface area contributed by atoms with E-state index in [0.29, 0.717) is 18.1 Å². The quantitative estimate of drug-likeness (QED) is 0.803. The predicted molar refractivity (Wildman–Crippen MR) is 85.4 cm³/mol. The minimum Gasteiger partial charge on any atom is -0.490 e. The summed E-state index contributed by atoms with van der Waals surface area (Å²) in [5.41, 5.74) is 0. The van der Waals surface area contributed by atoms with E-state index >= 15 is 0 Å². The van der Waals surface area contributed by atoms with E-state index in [1.54, 1.807) is 16.4 Å². The molecule has 0 saturated carbocycles. The van der Waals surface area contributed by atoms with Gasteiger partial charge in [0, 0.05) is 18.1 Å². The zero-order chi connectivity index (χ0) is 15.3. The van der Waals surface area contributed by atoms with E-state index in [4.69, 9.17) is 16.3 Å². The monoisotopic (exact) mass is 331 g/mol. The van der Waals surface area contributed by atoms with Gasteiger partial charge in [-0.2, -0.15) is 0 Å². The minimum atomic E-state index is -3.09. The molecule has 1 aliphatic rings. The van der Waals surface area contributed by atoms with Crippen molar-refractivity contribution in [2.24, 2.45) is 0 Å². The maximum Gasteiger partial charge on any atom is 0.214 e. The van der Waals surface area contributed by atoms with Crippen LogP contribution in [0.1, 0.15) is 32.6 Å². The van der Waals surface area contributed by atoms with Crippen molar-refractivity contribution in [3.8, 4) is 5.75 Å². The molecule has 1 aromatic rings. The molecule has 0 atom stereocenters. The van der Waals surface area contributed by atoms with E-state index in [-0.39, 0.29) is 11.9 Å². The third-order valence-corrected chi connectivity index (χ3v) is 5.84. The van der Waals surface area contributed by atoms with Crippen LogP contribution in [0.15, 0.2) is 24.3 Å². The Morgan fingerprint density at radius 2 is 2.05 bits per heavy atom. The second-order valence-electron chi connectivity index (χ2n) is 5.34. The highest BCUT2D eigenvalue weighted by molar-refractivity contribution is 7.89. The van der Waals surface area contributed by atoms with Gasteiger partial charge >= 0.3 is 0 Å². The molecule has 4 nitrogen and oxygen atoms in total. The molecule has 0 N–H and O–H groups in total. The number of unbranched alkanes of at least 4 members (excludes halogenated alkanes) is 1. The van der Waals surface area contributed by atoms with Crippen LogP contribution in [0.4, 0.5) is 0 Å². The molecule has 0 amide bonds. The molecule has 1 saturated heterocycles. The summed E-state index contributed by atoms with van der Waals surface area (Å²) in [4.78, 5) is 0. The van der Waals surface area contributed by atoms with Crippen LogP contribution < -0.4 is 4.74 Å². The van der Waals surface area contributed by atoms with Gasteiger partial charge in [-0.3, -0.25) is 0 Å². The Morgan fingerprint density at radius 1 is 1.33 bits per heavy atom. The number of hydrogen-bond donors (Lipinski definition) is 0. The zero-order valence-corrected chi connectivity index (χ0v) is 13.9. The Balaban J connectivity index is 1.86. The molecule has 6 heteroatoms. The van der Waals surface area contributed by atoms with E-state index in [1.165, 1.54) is 0 Å². The van der Waals surface area contributed by atoms with Crippen LogP contribution in [-0.4, -0.2) is 37.7 Å². The van der Waals surface area contributed by atoms with Crippen LogP contribution in [0.25, 0.3) is 0 Å². The molecule has 0 bridgehead atoms. The first-order chi connectivity index (χ1) is 10.0. The van der Waals surface area contributed by atoms with Crippen LogP contribution in [-0.2, 0) is 10.0 Å². The Kier molecular flexibility index (Phi) is 5.90. The number of piperidine rings is 1. The average molecular weight is 332 g/mol. The molecule has 118 valence electrons. The van der Waals surface area contributed by atoms with E-state index in [0.717, 1.165) is 31.4 Å². The third-order valence-electron chi connectivity index (χ3n) is 3.65. The van der Waals surface area contributed by atoms with Crippen LogP contribution in [0.5, 0.6) is 5.75 Å². The molecule has 1 aliphatic heterocycles. The molecule has 2 rings (SSSR count). The number of sulfonamides is 1. The maximum atomic E-state index is 12.1. The highest BCUT2D eigenvalue weighted by Crippen LogP contribution is 2.23. The molecule has 0 radical (unpaired) electrons. The summed E-state index contributed by atoms with van der Waals surface area (Å²) < 4.78 is 31.7. The first-order valence-corrected chi connectivity index (χ1v) is 9.40. The summed E-state index contributed by atoms with van der Waals surface area (Å²) in [6.07, 6.45) is 3.12. The van der Waals surface area contributed by atoms with Crippen molar-refractivity contribution in [2.45, 2.75) is 38.7 Å². The molecule has 0 aliphatic carbocycles. The fraction of sp³-hybridized carbons (Fsp3) is 0.600. The highest BCUT2D eigenvalue weighted by Gasteiger charge is 2.28. The van der Waals surface area contributed by atoms with Crippen molar-refractivity contribution in [3.05, 3.63) is 29.3 Å². The molecular formula is C15H22ClNO3S. The lowest BCUT2D eigenvalue weighted by Gasteiger charge is -2.31. The Bertz CT molecular complexity index is 554. The van der Waals surface area contributed by atoms with Crippen molar-refractivity contribution < 1.29 is 13.2 Å². The number of rotatable bonds is 6. The topological polar surface area (TPSA) is 46.6 Å². The smallest absolute Gasteiger partial charge is 0.214 e. The van der Waals surface area contributed by atoms with Crippen molar-refractivity contribution in [2.75, 3.05) is 18.8 Å². The van der Waals surface area contributed by atoms with Gasteiger partial charge in [0.15, 0.2) is 0 Å². The van der Waals surface area contributed by atoms with Crippen molar-refractivity contribution in [3.63, 3.8) is 0 Å². The number of ether oxygens (including phenoxy) is 1. The molecule has 0 unspecified atom stereocenters. The largest absolute Gasteiger partial charge is 0.490 e. The molecule has 21 heavy (non-hydrogen) atoms. The second-order valence-corrected chi connectivity index (χ2v) is 7.87. The lowest BCUT2D eigenvalue weighted by Crippen LogP contribution is -2.42. The highest BCUT2D eigenvalue weighted by atomic mass is 35.5. The van der Waals surface area contributed by atoms with Gasteiger partial charge in [-0.15, -0.1) is 0 Å². The van der Waals surface area contributed by atoms with Crippen molar-refractivity contribution in [1.82, 2.24) is 4.31 Å². The van der Waals surface area contributed by atoms with Crippen LogP contribution in [0.2, 0.25) is 5.02 Å². The molecule has 1 fully saturated rings. The summed E-state index contributed by atoms with van der Waals surface area (Å²) in [5, 5.41) is 0.645. The van der Waals surface area contributed by atoms with Gasteiger partial charge < -0.3 is 4.74 Å². The molecule has 1 aromatic carbocycles. The van der Waals surface area contributed by atoms with Crippen LogP contribution >= 0.6 is 11.6 Å². The summed E-state index contributed by atoms with van der Waals surface area (Å²) in [5.74, 6) is 0.998. The van der Waals surface area contributed by atoms with Gasteiger partial charge in [0.1, 0.15) is 11.9 Å². The van der Waals surface area contributed by atoms with E-state index in [1.807, 2.05) is 19.1 Å². The van der Waals surface area contributed by atoms with Gasteiger partial charge in [-0.1, -0.05) is 31.0 Å². The van der Waals surface area contributed by atoms with Gasteiger partial charge in [0.05, 0.1) is 5.75 Å². The SMILES string of the molecule is CCCCS(=O)(=O)N1CCC(Oc2cccc(Cl)c2)CC1.